The molecule has 1 aromatic rings. The van der Waals surface area contributed by atoms with Crippen LogP contribution in [0, 0.1) is 5.92 Å². The molecule has 2 unspecified atom stereocenters. The topological polar surface area (TPSA) is 44.4 Å². The summed E-state index contributed by atoms with van der Waals surface area (Å²) in [5, 5.41) is 7.52. The van der Waals surface area contributed by atoms with E-state index in [1.807, 2.05) is 30.3 Å². The summed E-state index contributed by atoms with van der Waals surface area (Å²) in [6.07, 6.45) is 7.79. The van der Waals surface area contributed by atoms with Gasteiger partial charge in [-0.1, -0.05) is 18.2 Å². The third-order valence-electron chi connectivity index (χ3n) is 5.53. The number of piperidine rings is 2. The lowest BCUT2D eigenvalue weighted by Gasteiger charge is -2.50. The molecule has 2 aliphatic heterocycles. The Hall–Kier alpha value is -1.62. The average Bonchev–Trinajstić information content (AvgIpc) is 3.40. The molecule has 1 saturated carbocycles. The van der Waals surface area contributed by atoms with Crippen LogP contribution in [-0.4, -0.2) is 34.0 Å². The minimum Gasteiger partial charge on any atom is -0.353 e. The Morgan fingerprint density at radius 3 is 2.33 bits per heavy atom. The van der Waals surface area contributed by atoms with Crippen LogP contribution in [-0.2, 0) is 4.79 Å². The first kappa shape index (κ1) is 15.9. The molecule has 3 aliphatic rings. The summed E-state index contributed by atoms with van der Waals surface area (Å²) in [5.41, 5.74) is 1.05. The number of rotatable bonds is 3. The largest absolute Gasteiger partial charge is 0.353 e. The minimum atomic E-state index is 0.275. The van der Waals surface area contributed by atoms with Crippen molar-refractivity contribution in [2.75, 3.05) is 5.32 Å². The number of nitrogens with zero attached hydrogens (tertiary/aromatic N) is 1. The number of anilines is 1. The van der Waals surface area contributed by atoms with Gasteiger partial charge in [0.25, 0.3) is 0 Å². The predicted molar refractivity (Wildman–Crippen MR) is 99.8 cm³/mol. The van der Waals surface area contributed by atoms with Crippen LogP contribution in [0.2, 0.25) is 0 Å². The van der Waals surface area contributed by atoms with Crippen molar-refractivity contribution >= 4 is 28.9 Å². The predicted octanol–water partition coefficient (Wildman–Crippen LogP) is 3.30. The van der Waals surface area contributed by atoms with E-state index in [2.05, 4.69) is 15.5 Å². The molecule has 0 spiro atoms. The second-order valence-corrected chi connectivity index (χ2v) is 7.78. The van der Waals surface area contributed by atoms with Crippen LogP contribution in [0.25, 0.3) is 0 Å². The van der Waals surface area contributed by atoms with Crippen molar-refractivity contribution in [1.82, 2.24) is 10.2 Å². The molecule has 5 heteroatoms. The van der Waals surface area contributed by atoms with E-state index in [4.69, 9.17) is 12.2 Å². The third-order valence-corrected chi connectivity index (χ3v) is 5.84. The van der Waals surface area contributed by atoms with Gasteiger partial charge < -0.3 is 15.5 Å². The summed E-state index contributed by atoms with van der Waals surface area (Å²) in [6, 6.07) is 11.4. The molecule has 0 radical (unpaired) electrons. The van der Waals surface area contributed by atoms with E-state index in [1.54, 1.807) is 0 Å². The first-order chi connectivity index (χ1) is 11.7. The maximum absolute atomic E-state index is 12.1. The summed E-state index contributed by atoms with van der Waals surface area (Å²) >= 11 is 5.72. The minimum absolute atomic E-state index is 0.275. The molecule has 1 amide bonds. The number of fused-ring (bicyclic) bond motifs is 2. The number of amides is 1. The maximum Gasteiger partial charge on any atom is 0.223 e. The smallest absolute Gasteiger partial charge is 0.223 e. The maximum atomic E-state index is 12.1. The summed E-state index contributed by atoms with van der Waals surface area (Å²) in [5.74, 6) is 0.570. The summed E-state index contributed by atoms with van der Waals surface area (Å²) < 4.78 is 0. The van der Waals surface area contributed by atoms with Gasteiger partial charge in [0.2, 0.25) is 5.91 Å². The number of hydrogen-bond acceptors (Lipinski definition) is 2. The van der Waals surface area contributed by atoms with Crippen molar-refractivity contribution in [2.45, 2.75) is 63.1 Å². The van der Waals surface area contributed by atoms with Gasteiger partial charge in [-0.2, -0.15) is 0 Å². The van der Waals surface area contributed by atoms with Crippen molar-refractivity contribution in [3.63, 3.8) is 0 Å². The van der Waals surface area contributed by atoms with Crippen molar-refractivity contribution < 1.29 is 4.79 Å². The van der Waals surface area contributed by atoms with Crippen molar-refractivity contribution in [1.29, 1.82) is 0 Å². The molecule has 2 atom stereocenters. The third kappa shape index (κ3) is 3.41. The van der Waals surface area contributed by atoms with Crippen LogP contribution < -0.4 is 10.6 Å². The molecule has 2 saturated heterocycles. The molecule has 2 heterocycles. The van der Waals surface area contributed by atoms with Crippen molar-refractivity contribution in [2.24, 2.45) is 5.92 Å². The molecule has 4 rings (SSSR count). The lowest BCUT2D eigenvalue weighted by Crippen LogP contribution is -2.59. The highest BCUT2D eigenvalue weighted by molar-refractivity contribution is 7.80. The second kappa shape index (κ2) is 6.71. The Balaban J connectivity index is 1.41. The molecule has 2 N–H and O–H groups in total. The first-order valence-corrected chi connectivity index (χ1v) is 9.56. The van der Waals surface area contributed by atoms with E-state index in [1.165, 1.54) is 19.3 Å². The van der Waals surface area contributed by atoms with Crippen LogP contribution >= 0.6 is 12.2 Å². The number of carbonyl (C=O) groups excluding carboxylic acids is 1. The van der Waals surface area contributed by atoms with Gasteiger partial charge in [0, 0.05) is 29.7 Å². The Morgan fingerprint density at radius 2 is 1.71 bits per heavy atom. The SMILES string of the molecule is O=C(NC1CC2CCCC(C1)N2C(=S)Nc1ccccc1)C1CC1. The monoisotopic (exact) mass is 343 g/mol. The number of thiocarbonyl (C=S) groups is 1. The van der Waals surface area contributed by atoms with Gasteiger partial charge in [-0.25, -0.2) is 0 Å². The zero-order valence-electron chi connectivity index (χ0n) is 13.9. The quantitative estimate of drug-likeness (QED) is 0.827. The van der Waals surface area contributed by atoms with Gasteiger partial charge in [0.1, 0.15) is 0 Å². The highest BCUT2D eigenvalue weighted by Gasteiger charge is 2.41. The molecule has 2 bridgehead atoms. The fourth-order valence-electron chi connectivity index (χ4n) is 4.20. The fourth-order valence-corrected chi connectivity index (χ4v) is 4.62. The van der Waals surface area contributed by atoms with Gasteiger partial charge in [-0.15, -0.1) is 0 Å². The Morgan fingerprint density at radius 1 is 1.04 bits per heavy atom. The lowest BCUT2D eigenvalue weighted by molar-refractivity contribution is -0.123. The molecule has 128 valence electrons. The van der Waals surface area contributed by atoms with Crippen LogP contribution in [0.15, 0.2) is 30.3 Å². The van der Waals surface area contributed by atoms with Crippen molar-refractivity contribution in [3.8, 4) is 0 Å². The highest BCUT2D eigenvalue weighted by Crippen LogP contribution is 2.36. The standard InChI is InChI=1S/C19H25N3OS/c23-18(13-9-10-13)20-15-11-16-7-4-8-17(12-15)22(16)19(24)21-14-5-2-1-3-6-14/h1-3,5-6,13,15-17H,4,7-12H2,(H,20,23)(H,21,24). The van der Waals surface area contributed by atoms with Gasteiger partial charge in [0.05, 0.1) is 0 Å². The normalized spacial score (nSPS) is 29.0. The Labute approximate surface area is 149 Å². The van der Waals surface area contributed by atoms with Crippen LogP contribution in [0.4, 0.5) is 5.69 Å². The number of benzene rings is 1. The second-order valence-electron chi connectivity index (χ2n) is 7.39. The van der Waals surface area contributed by atoms with Gasteiger partial charge >= 0.3 is 0 Å². The molecule has 3 fully saturated rings. The summed E-state index contributed by atoms with van der Waals surface area (Å²) in [7, 11) is 0. The average molecular weight is 343 g/mol. The zero-order valence-corrected chi connectivity index (χ0v) is 14.7. The first-order valence-electron chi connectivity index (χ1n) is 9.15. The Kier molecular flexibility index (Phi) is 4.44. The molecule has 24 heavy (non-hydrogen) atoms. The fraction of sp³-hybridized carbons (Fsp3) is 0.579. The van der Waals surface area contributed by atoms with Crippen molar-refractivity contribution in [3.05, 3.63) is 30.3 Å². The van der Waals surface area contributed by atoms with E-state index in [9.17, 15) is 4.79 Å². The van der Waals surface area contributed by atoms with Crippen LogP contribution in [0.3, 0.4) is 0 Å². The lowest BCUT2D eigenvalue weighted by atomic mass is 9.82. The highest BCUT2D eigenvalue weighted by atomic mass is 32.1. The van der Waals surface area contributed by atoms with Crippen LogP contribution in [0.5, 0.6) is 0 Å². The van der Waals surface area contributed by atoms with E-state index in [0.29, 0.717) is 24.0 Å². The zero-order chi connectivity index (χ0) is 16.5. The summed E-state index contributed by atoms with van der Waals surface area (Å²) in [4.78, 5) is 14.5. The van der Waals surface area contributed by atoms with E-state index in [-0.39, 0.29) is 5.91 Å². The van der Waals surface area contributed by atoms with E-state index in [0.717, 1.165) is 36.5 Å². The van der Waals surface area contributed by atoms with Gasteiger partial charge in [-0.3, -0.25) is 4.79 Å². The van der Waals surface area contributed by atoms with Gasteiger partial charge in [0.15, 0.2) is 5.11 Å². The Bertz CT molecular complexity index is 602. The number of carbonyl (C=O) groups is 1. The number of hydrogen-bond donors (Lipinski definition) is 2. The molecular formula is C19H25N3OS. The molecule has 1 aromatic carbocycles. The van der Waals surface area contributed by atoms with Crippen LogP contribution in [0.1, 0.15) is 44.9 Å². The molecule has 1 aliphatic carbocycles. The number of para-hydroxylation sites is 1. The molecule has 0 aromatic heterocycles. The van der Waals surface area contributed by atoms with Gasteiger partial charge in [-0.05, 0) is 69.3 Å². The van der Waals surface area contributed by atoms with E-state index < -0.39 is 0 Å². The number of nitrogens with one attached hydrogen (secondary N) is 2. The molecule has 4 nitrogen and oxygen atoms in total. The summed E-state index contributed by atoms with van der Waals surface area (Å²) in [6.45, 7) is 0. The molecular weight excluding hydrogens is 318 g/mol. The van der Waals surface area contributed by atoms with E-state index >= 15 is 0 Å².